The number of rotatable bonds is 10. The number of hydrogen-bond donors (Lipinski definition) is 3. The molecule has 0 saturated carbocycles. The van der Waals surface area contributed by atoms with Crippen LogP contribution in [-0.2, 0) is 4.84 Å². The van der Waals surface area contributed by atoms with Crippen molar-refractivity contribution in [2.45, 2.75) is 20.3 Å². The summed E-state index contributed by atoms with van der Waals surface area (Å²) in [6.45, 7) is 4.99. The Morgan fingerprint density at radius 3 is 2.53 bits per heavy atom. The van der Waals surface area contributed by atoms with E-state index in [1.807, 2.05) is 70.4 Å². The van der Waals surface area contributed by atoms with Gasteiger partial charge in [0, 0.05) is 27.6 Å². The third-order valence-electron chi connectivity index (χ3n) is 6.29. The molecule has 1 heterocycles. The van der Waals surface area contributed by atoms with Crippen molar-refractivity contribution >= 4 is 34.5 Å². The molecule has 4 aromatic rings. The second-order valence-electron chi connectivity index (χ2n) is 9.48. The molecule has 0 radical (unpaired) electrons. The highest BCUT2D eigenvalue weighted by Crippen LogP contribution is 2.33. The van der Waals surface area contributed by atoms with Crippen LogP contribution in [0.4, 0.5) is 5.69 Å². The number of benzene rings is 3. The fraction of sp³-hybridized carbons (Fsp3) is 0.233. The summed E-state index contributed by atoms with van der Waals surface area (Å²) in [5.41, 5.74) is 8.27. The van der Waals surface area contributed by atoms with E-state index in [2.05, 4.69) is 15.4 Å². The van der Waals surface area contributed by atoms with Crippen LogP contribution in [-0.4, -0.2) is 60.1 Å². The molecule has 1 amide bonds. The number of hydrogen-bond acceptors (Lipinski definition) is 6. The van der Waals surface area contributed by atoms with E-state index >= 15 is 0 Å². The molecule has 0 aliphatic carbocycles. The number of aldehydes is 1. The number of fused-ring (bicyclic) bond motifs is 1. The van der Waals surface area contributed by atoms with Gasteiger partial charge in [-0.3, -0.25) is 14.4 Å². The first kappa shape index (κ1) is 26.8. The van der Waals surface area contributed by atoms with E-state index in [0.717, 1.165) is 41.3 Å². The van der Waals surface area contributed by atoms with E-state index in [1.165, 1.54) is 0 Å². The molecule has 196 valence electrons. The molecule has 3 N–H and O–H groups in total. The average molecular weight is 513 g/mol. The van der Waals surface area contributed by atoms with Crippen molar-refractivity contribution in [3.63, 3.8) is 0 Å². The summed E-state index contributed by atoms with van der Waals surface area (Å²) in [5.74, 6) is -0.355. The zero-order valence-corrected chi connectivity index (χ0v) is 22.0. The molecule has 3 aromatic carbocycles. The topological polar surface area (TPSA) is 107 Å². The van der Waals surface area contributed by atoms with E-state index in [1.54, 1.807) is 18.2 Å². The number of H-pyrrole nitrogens is 1. The Kier molecular flexibility index (Phi) is 8.35. The number of carbonyl (C=O) groups excluding carboxylic acids is 2. The smallest absolute Gasteiger partial charge is 0.275 e. The normalized spacial score (nSPS) is 11.8. The van der Waals surface area contributed by atoms with Gasteiger partial charge in [-0.2, -0.15) is 0 Å². The minimum absolute atomic E-state index is 0.0378. The largest absolute Gasteiger partial charge is 0.494 e. The lowest BCUT2D eigenvalue weighted by atomic mass is 9.98. The van der Waals surface area contributed by atoms with Crippen molar-refractivity contribution < 1.29 is 19.5 Å². The highest BCUT2D eigenvalue weighted by Gasteiger charge is 2.20. The fourth-order valence-corrected chi connectivity index (χ4v) is 4.31. The van der Waals surface area contributed by atoms with Gasteiger partial charge < -0.3 is 15.0 Å². The van der Waals surface area contributed by atoms with Crippen LogP contribution in [0.1, 0.15) is 49.4 Å². The van der Waals surface area contributed by atoms with Crippen LogP contribution in [0.15, 0.2) is 65.7 Å². The minimum atomic E-state index is -0.318. The average Bonchev–Trinajstić information content (AvgIpc) is 3.20. The number of aromatic nitrogens is 1. The first-order chi connectivity index (χ1) is 18.3. The SMILES string of the molecule is Cc1cc2c(C(=Nc3ccc(C(=O)NOCCCN(C)C)c(C)c3)c3ccccc3)c(O)[nH]c2cc1C=O. The van der Waals surface area contributed by atoms with Crippen molar-refractivity contribution in [2.75, 3.05) is 27.2 Å². The molecule has 4 rings (SSSR count). The summed E-state index contributed by atoms with van der Waals surface area (Å²) in [6.07, 6.45) is 1.60. The van der Waals surface area contributed by atoms with Gasteiger partial charge in [-0.05, 0) is 82.4 Å². The number of carbonyl (C=O) groups is 2. The lowest BCUT2D eigenvalue weighted by molar-refractivity contribution is 0.0288. The maximum atomic E-state index is 12.6. The van der Waals surface area contributed by atoms with Crippen LogP contribution >= 0.6 is 0 Å². The molecular weight excluding hydrogens is 480 g/mol. The lowest BCUT2D eigenvalue weighted by Gasteiger charge is -2.11. The van der Waals surface area contributed by atoms with Crippen LogP contribution in [0.25, 0.3) is 10.9 Å². The first-order valence-electron chi connectivity index (χ1n) is 12.4. The minimum Gasteiger partial charge on any atom is -0.494 e. The van der Waals surface area contributed by atoms with Gasteiger partial charge in [-0.15, -0.1) is 0 Å². The third-order valence-corrected chi connectivity index (χ3v) is 6.29. The highest BCUT2D eigenvalue weighted by molar-refractivity contribution is 6.22. The van der Waals surface area contributed by atoms with Gasteiger partial charge in [-0.25, -0.2) is 10.5 Å². The molecule has 0 aliphatic heterocycles. The zero-order valence-electron chi connectivity index (χ0n) is 22.0. The van der Waals surface area contributed by atoms with Gasteiger partial charge >= 0.3 is 0 Å². The van der Waals surface area contributed by atoms with E-state index in [4.69, 9.17) is 9.83 Å². The molecule has 0 atom stereocenters. The van der Waals surface area contributed by atoms with Crippen LogP contribution in [0.5, 0.6) is 5.88 Å². The number of aliphatic imine (C=N–C) groups is 1. The molecule has 8 nitrogen and oxygen atoms in total. The fourth-order valence-electron chi connectivity index (χ4n) is 4.31. The molecule has 0 fully saturated rings. The van der Waals surface area contributed by atoms with Crippen LogP contribution in [0.3, 0.4) is 0 Å². The molecule has 8 heteroatoms. The lowest BCUT2D eigenvalue weighted by Crippen LogP contribution is -2.26. The summed E-state index contributed by atoms with van der Waals surface area (Å²) in [4.78, 5) is 39.4. The van der Waals surface area contributed by atoms with Crippen molar-refractivity contribution in [1.29, 1.82) is 0 Å². The number of aryl methyl sites for hydroxylation is 2. The van der Waals surface area contributed by atoms with Crippen molar-refractivity contribution in [3.05, 3.63) is 94.0 Å². The number of nitrogens with zero attached hydrogens (tertiary/aromatic N) is 2. The third kappa shape index (κ3) is 5.99. The van der Waals surface area contributed by atoms with E-state index in [9.17, 15) is 14.7 Å². The quantitative estimate of drug-likeness (QED) is 0.119. The molecule has 0 spiro atoms. The Hall–Kier alpha value is -4.27. The Morgan fingerprint density at radius 1 is 1.08 bits per heavy atom. The van der Waals surface area contributed by atoms with Crippen LogP contribution in [0, 0.1) is 13.8 Å². The first-order valence-corrected chi connectivity index (χ1v) is 12.4. The van der Waals surface area contributed by atoms with Gasteiger partial charge in [0.15, 0.2) is 5.88 Å². The monoisotopic (exact) mass is 512 g/mol. The van der Waals surface area contributed by atoms with Gasteiger partial charge in [0.25, 0.3) is 5.91 Å². The number of hydroxylamine groups is 1. The molecule has 1 aromatic heterocycles. The number of amides is 1. The van der Waals surface area contributed by atoms with Crippen molar-refractivity contribution in [1.82, 2.24) is 15.4 Å². The van der Waals surface area contributed by atoms with E-state index in [-0.39, 0.29) is 11.8 Å². The molecule has 38 heavy (non-hydrogen) atoms. The Balaban J connectivity index is 1.69. The van der Waals surface area contributed by atoms with E-state index < -0.39 is 0 Å². The highest BCUT2D eigenvalue weighted by atomic mass is 16.6. The van der Waals surface area contributed by atoms with Crippen molar-refractivity contribution in [3.8, 4) is 5.88 Å². The second kappa shape index (κ2) is 11.9. The number of aromatic amines is 1. The number of aromatic hydroxyl groups is 1. The zero-order chi connectivity index (χ0) is 27.2. The summed E-state index contributed by atoms with van der Waals surface area (Å²) in [6, 6.07) is 18.5. The summed E-state index contributed by atoms with van der Waals surface area (Å²) >= 11 is 0. The van der Waals surface area contributed by atoms with Gasteiger partial charge in [0.2, 0.25) is 0 Å². The summed E-state index contributed by atoms with van der Waals surface area (Å²) < 4.78 is 0. The predicted molar refractivity (Wildman–Crippen MR) is 150 cm³/mol. The van der Waals surface area contributed by atoms with Gasteiger partial charge in [0.1, 0.15) is 6.29 Å². The van der Waals surface area contributed by atoms with Gasteiger partial charge in [0.05, 0.1) is 23.6 Å². The van der Waals surface area contributed by atoms with Crippen LogP contribution in [0.2, 0.25) is 0 Å². The molecule has 0 saturated heterocycles. The molecular formula is C30H32N4O4. The van der Waals surface area contributed by atoms with E-state index in [0.29, 0.717) is 40.2 Å². The Bertz CT molecular complexity index is 1490. The van der Waals surface area contributed by atoms with Crippen molar-refractivity contribution in [2.24, 2.45) is 4.99 Å². The number of nitrogens with one attached hydrogen (secondary N) is 2. The summed E-state index contributed by atoms with van der Waals surface area (Å²) in [7, 11) is 3.97. The second-order valence-corrected chi connectivity index (χ2v) is 9.48. The maximum absolute atomic E-state index is 12.6. The molecule has 0 aliphatic rings. The molecule has 0 unspecified atom stereocenters. The maximum Gasteiger partial charge on any atom is 0.275 e. The standard InChI is InChI=1S/C30H32N4O4/c1-19-16-25-26(17-22(19)18-35)32-30(37)27(25)28(21-9-6-5-7-10-21)31-23-11-12-24(20(2)15-23)29(36)33-38-14-8-13-34(3)4/h5-7,9-12,15-18,32,37H,8,13-14H2,1-4H3,(H,33,36). The Labute approximate surface area is 221 Å². The van der Waals surface area contributed by atoms with Gasteiger partial charge in [-0.1, -0.05) is 30.3 Å². The predicted octanol–water partition coefficient (Wildman–Crippen LogP) is 5.09. The Morgan fingerprint density at radius 2 is 1.84 bits per heavy atom. The van der Waals surface area contributed by atoms with Crippen LogP contribution < -0.4 is 5.48 Å². The molecule has 0 bridgehead atoms. The summed E-state index contributed by atoms with van der Waals surface area (Å²) in [5, 5.41) is 11.7.